The molecule has 2 heterocycles. The summed E-state index contributed by atoms with van der Waals surface area (Å²) in [4.78, 5) is 13.6. The summed E-state index contributed by atoms with van der Waals surface area (Å²) in [5, 5.41) is 1.78. The molecule has 0 radical (unpaired) electrons. The lowest BCUT2D eigenvalue weighted by atomic mass is 9.88. The topological polar surface area (TPSA) is 42.4 Å². The molecule has 15 heavy (non-hydrogen) atoms. The number of carbonyl (C=O) groups excluding carboxylic acids is 1. The van der Waals surface area contributed by atoms with Gasteiger partial charge in [-0.25, -0.2) is 4.37 Å². The second-order valence-electron chi connectivity index (χ2n) is 4.38. The van der Waals surface area contributed by atoms with Crippen molar-refractivity contribution in [2.24, 2.45) is 5.41 Å². The first-order chi connectivity index (χ1) is 7.11. The Morgan fingerprint density at radius 3 is 2.93 bits per heavy atom. The van der Waals surface area contributed by atoms with Gasteiger partial charge in [0.25, 0.3) is 5.91 Å². The highest BCUT2D eigenvalue weighted by molar-refractivity contribution is 7.03. The van der Waals surface area contributed by atoms with E-state index in [1.54, 1.807) is 16.5 Å². The van der Waals surface area contributed by atoms with Crippen LogP contribution in [-0.2, 0) is 4.74 Å². The quantitative estimate of drug-likeness (QED) is 0.779. The summed E-state index contributed by atoms with van der Waals surface area (Å²) in [6.07, 6.45) is 1.61. The lowest BCUT2D eigenvalue weighted by Crippen LogP contribution is -2.49. The average Bonchev–Trinajstić information content (AvgIpc) is 2.66. The van der Waals surface area contributed by atoms with Crippen molar-refractivity contribution in [3.05, 3.63) is 17.1 Å². The zero-order valence-electron chi connectivity index (χ0n) is 8.90. The van der Waals surface area contributed by atoms with Crippen LogP contribution in [0.4, 0.5) is 0 Å². The molecule has 0 bridgehead atoms. The van der Waals surface area contributed by atoms with Gasteiger partial charge in [-0.05, 0) is 11.5 Å². The number of ether oxygens (including phenoxy) is 1. The normalized spacial score (nSPS) is 18.3. The summed E-state index contributed by atoms with van der Waals surface area (Å²) < 4.78 is 9.09. The third kappa shape index (κ3) is 2.18. The van der Waals surface area contributed by atoms with Gasteiger partial charge in [-0.15, -0.1) is 0 Å². The maximum Gasteiger partial charge on any atom is 0.256 e. The first-order valence-electron chi connectivity index (χ1n) is 4.83. The maximum atomic E-state index is 11.9. The van der Waals surface area contributed by atoms with E-state index in [1.807, 2.05) is 7.05 Å². The molecule has 0 aliphatic carbocycles. The van der Waals surface area contributed by atoms with Crippen LogP contribution in [0.1, 0.15) is 17.3 Å². The minimum absolute atomic E-state index is 0.0388. The lowest BCUT2D eigenvalue weighted by molar-refractivity contribution is -0.109. The molecule has 4 nitrogen and oxygen atoms in total. The molecule has 1 saturated heterocycles. The molecule has 0 aromatic carbocycles. The fourth-order valence-electron chi connectivity index (χ4n) is 1.72. The van der Waals surface area contributed by atoms with Crippen LogP contribution in [-0.4, -0.2) is 42.0 Å². The number of nitrogens with zero attached hydrogens (tertiary/aromatic N) is 2. The van der Waals surface area contributed by atoms with E-state index in [-0.39, 0.29) is 11.3 Å². The van der Waals surface area contributed by atoms with Gasteiger partial charge in [-0.2, -0.15) is 0 Å². The van der Waals surface area contributed by atoms with Gasteiger partial charge in [0, 0.05) is 24.4 Å². The smallest absolute Gasteiger partial charge is 0.256 e. The Labute approximate surface area is 93.0 Å². The van der Waals surface area contributed by atoms with Gasteiger partial charge in [0.2, 0.25) is 0 Å². The summed E-state index contributed by atoms with van der Waals surface area (Å²) in [6, 6.07) is 0. The molecule has 1 fully saturated rings. The average molecular weight is 226 g/mol. The van der Waals surface area contributed by atoms with Crippen LogP contribution in [0, 0.1) is 5.41 Å². The fraction of sp³-hybridized carbons (Fsp3) is 0.600. The largest absolute Gasteiger partial charge is 0.380 e. The molecule has 1 aliphatic rings. The molecule has 0 unspecified atom stereocenters. The van der Waals surface area contributed by atoms with Crippen LogP contribution in [0.3, 0.4) is 0 Å². The Morgan fingerprint density at radius 1 is 1.73 bits per heavy atom. The molecular weight excluding hydrogens is 212 g/mol. The van der Waals surface area contributed by atoms with E-state index in [0.29, 0.717) is 5.56 Å². The number of carbonyl (C=O) groups is 1. The van der Waals surface area contributed by atoms with Crippen molar-refractivity contribution in [1.29, 1.82) is 0 Å². The molecule has 1 amide bonds. The number of hydrogen-bond donors (Lipinski definition) is 0. The third-order valence-electron chi connectivity index (χ3n) is 2.55. The summed E-state index contributed by atoms with van der Waals surface area (Å²) in [6.45, 7) is 4.35. The van der Waals surface area contributed by atoms with E-state index in [9.17, 15) is 4.79 Å². The number of amides is 1. The van der Waals surface area contributed by atoms with Gasteiger partial charge in [-0.1, -0.05) is 6.92 Å². The minimum Gasteiger partial charge on any atom is -0.380 e. The van der Waals surface area contributed by atoms with Crippen molar-refractivity contribution in [1.82, 2.24) is 9.27 Å². The Bertz CT molecular complexity index is 346. The van der Waals surface area contributed by atoms with Crippen LogP contribution < -0.4 is 0 Å². The molecule has 2 rings (SSSR count). The van der Waals surface area contributed by atoms with E-state index in [2.05, 4.69) is 11.3 Å². The van der Waals surface area contributed by atoms with E-state index in [1.165, 1.54) is 11.5 Å². The van der Waals surface area contributed by atoms with Crippen molar-refractivity contribution in [2.75, 3.05) is 26.8 Å². The molecular formula is C10H14N2O2S. The fourth-order valence-corrected chi connectivity index (χ4v) is 2.23. The summed E-state index contributed by atoms with van der Waals surface area (Å²) >= 11 is 1.30. The Balaban J connectivity index is 1.96. The molecule has 0 atom stereocenters. The second kappa shape index (κ2) is 3.90. The highest BCUT2D eigenvalue weighted by atomic mass is 32.1. The van der Waals surface area contributed by atoms with Gasteiger partial charge in [0.05, 0.1) is 25.0 Å². The summed E-state index contributed by atoms with van der Waals surface area (Å²) in [7, 11) is 1.82. The summed E-state index contributed by atoms with van der Waals surface area (Å²) in [5.41, 5.74) is 0.805. The van der Waals surface area contributed by atoms with E-state index < -0.39 is 0 Å². The first kappa shape index (κ1) is 10.6. The molecule has 5 heteroatoms. The van der Waals surface area contributed by atoms with Crippen molar-refractivity contribution < 1.29 is 9.53 Å². The van der Waals surface area contributed by atoms with E-state index in [4.69, 9.17) is 4.74 Å². The van der Waals surface area contributed by atoms with Gasteiger partial charge < -0.3 is 9.64 Å². The summed E-state index contributed by atoms with van der Waals surface area (Å²) in [5.74, 6) is 0.0388. The predicted molar refractivity (Wildman–Crippen MR) is 58.0 cm³/mol. The highest BCUT2D eigenvalue weighted by Crippen LogP contribution is 2.27. The van der Waals surface area contributed by atoms with E-state index >= 15 is 0 Å². The second-order valence-corrected chi connectivity index (χ2v) is 5.04. The van der Waals surface area contributed by atoms with Crippen molar-refractivity contribution in [3.63, 3.8) is 0 Å². The van der Waals surface area contributed by atoms with Crippen LogP contribution in [0.25, 0.3) is 0 Å². The minimum atomic E-state index is 0.0388. The third-order valence-corrected chi connectivity index (χ3v) is 3.13. The molecule has 1 aliphatic heterocycles. The lowest BCUT2D eigenvalue weighted by Gasteiger charge is -2.40. The predicted octanol–water partition coefficient (Wildman–Crippen LogP) is 1.25. The Hall–Kier alpha value is -0.940. The number of aromatic nitrogens is 1. The number of rotatable bonds is 3. The Kier molecular flexibility index (Phi) is 2.75. The van der Waals surface area contributed by atoms with Crippen molar-refractivity contribution >= 4 is 17.4 Å². The number of hydrogen-bond acceptors (Lipinski definition) is 4. The maximum absolute atomic E-state index is 11.9. The zero-order valence-corrected chi connectivity index (χ0v) is 9.71. The molecule has 1 aromatic heterocycles. The van der Waals surface area contributed by atoms with Crippen molar-refractivity contribution in [3.8, 4) is 0 Å². The molecule has 1 aromatic rings. The van der Waals surface area contributed by atoms with Crippen LogP contribution in [0.15, 0.2) is 11.6 Å². The van der Waals surface area contributed by atoms with Gasteiger partial charge >= 0.3 is 0 Å². The molecule has 0 saturated carbocycles. The van der Waals surface area contributed by atoms with Crippen LogP contribution in [0.2, 0.25) is 0 Å². The van der Waals surface area contributed by atoms with Crippen LogP contribution in [0.5, 0.6) is 0 Å². The molecule has 0 N–H and O–H groups in total. The molecule has 0 spiro atoms. The van der Waals surface area contributed by atoms with Crippen molar-refractivity contribution in [2.45, 2.75) is 6.92 Å². The SMILES string of the molecule is CN(CC1(C)COC1)C(=O)c1cnsc1. The Morgan fingerprint density at radius 2 is 2.47 bits per heavy atom. The molecule has 82 valence electrons. The van der Waals surface area contributed by atoms with Gasteiger partial charge in [0.15, 0.2) is 0 Å². The first-order valence-corrected chi connectivity index (χ1v) is 5.67. The highest BCUT2D eigenvalue weighted by Gasteiger charge is 2.35. The standard InChI is InChI=1S/C10H14N2O2S/c1-10(6-14-7-10)5-12(2)9(13)8-3-11-15-4-8/h3-4H,5-7H2,1-2H3. The van der Waals surface area contributed by atoms with Crippen LogP contribution >= 0.6 is 11.5 Å². The van der Waals surface area contributed by atoms with Gasteiger partial charge in [0.1, 0.15) is 0 Å². The monoisotopic (exact) mass is 226 g/mol. The zero-order chi connectivity index (χ0) is 10.9. The van der Waals surface area contributed by atoms with E-state index in [0.717, 1.165) is 19.8 Å². The van der Waals surface area contributed by atoms with Gasteiger partial charge in [-0.3, -0.25) is 4.79 Å².